The fraction of sp³-hybridized carbons (Fsp3) is 0.333. The summed E-state index contributed by atoms with van der Waals surface area (Å²) in [6.45, 7) is 0. The van der Waals surface area contributed by atoms with E-state index < -0.39 is 17.8 Å². The standard InChI is InChI=1S/C12H11BrF3N3O/c1-19-10(11(13)17-18-19)9(20)6-7-3-2-4-8(5-7)12(14,15)16/h2-5,9,20H,6H2,1H3. The zero-order valence-corrected chi connectivity index (χ0v) is 12.0. The van der Waals surface area contributed by atoms with Crippen molar-refractivity contribution in [2.24, 2.45) is 7.05 Å². The van der Waals surface area contributed by atoms with Gasteiger partial charge in [-0.05, 0) is 27.6 Å². The summed E-state index contributed by atoms with van der Waals surface area (Å²) in [5, 5.41) is 17.5. The van der Waals surface area contributed by atoms with Gasteiger partial charge in [-0.15, -0.1) is 5.10 Å². The highest BCUT2D eigenvalue weighted by Gasteiger charge is 2.30. The molecule has 0 aliphatic rings. The van der Waals surface area contributed by atoms with Crippen molar-refractivity contribution < 1.29 is 18.3 Å². The zero-order chi connectivity index (χ0) is 14.9. The Kier molecular flexibility index (Phi) is 4.14. The van der Waals surface area contributed by atoms with Gasteiger partial charge in [-0.3, -0.25) is 0 Å². The van der Waals surface area contributed by atoms with Crippen molar-refractivity contribution >= 4 is 15.9 Å². The molecule has 2 rings (SSSR count). The van der Waals surface area contributed by atoms with Crippen LogP contribution in [0.25, 0.3) is 0 Å². The van der Waals surface area contributed by atoms with Crippen LogP contribution in [0.2, 0.25) is 0 Å². The van der Waals surface area contributed by atoms with Crippen LogP contribution in [0.4, 0.5) is 13.2 Å². The Hall–Kier alpha value is -1.41. The Bertz CT molecular complexity index is 593. The fourth-order valence-electron chi connectivity index (χ4n) is 1.89. The molecule has 0 bridgehead atoms. The van der Waals surface area contributed by atoms with Crippen molar-refractivity contribution in [1.29, 1.82) is 0 Å². The van der Waals surface area contributed by atoms with Crippen molar-refractivity contribution in [2.45, 2.75) is 18.7 Å². The number of hydrogen-bond donors (Lipinski definition) is 1. The third-order valence-electron chi connectivity index (χ3n) is 2.83. The fourth-order valence-corrected chi connectivity index (χ4v) is 2.48. The van der Waals surface area contributed by atoms with Gasteiger partial charge in [0.15, 0.2) is 4.60 Å². The third kappa shape index (κ3) is 3.18. The molecule has 1 heterocycles. The molecule has 8 heteroatoms. The molecule has 0 radical (unpaired) electrons. The molecular formula is C12H11BrF3N3O. The number of benzene rings is 1. The molecule has 0 fully saturated rings. The van der Waals surface area contributed by atoms with E-state index in [1.807, 2.05) is 0 Å². The van der Waals surface area contributed by atoms with E-state index in [2.05, 4.69) is 26.2 Å². The predicted molar refractivity (Wildman–Crippen MR) is 68.8 cm³/mol. The molecule has 20 heavy (non-hydrogen) atoms. The van der Waals surface area contributed by atoms with E-state index in [4.69, 9.17) is 0 Å². The summed E-state index contributed by atoms with van der Waals surface area (Å²) >= 11 is 3.14. The topological polar surface area (TPSA) is 50.9 Å². The lowest BCUT2D eigenvalue weighted by molar-refractivity contribution is -0.137. The van der Waals surface area contributed by atoms with Crippen LogP contribution in [0.3, 0.4) is 0 Å². The Morgan fingerprint density at radius 2 is 2.10 bits per heavy atom. The lowest BCUT2D eigenvalue weighted by atomic mass is 10.0. The highest BCUT2D eigenvalue weighted by atomic mass is 79.9. The number of hydrogen-bond acceptors (Lipinski definition) is 3. The van der Waals surface area contributed by atoms with Gasteiger partial charge in [-0.25, -0.2) is 4.68 Å². The number of aromatic nitrogens is 3. The maximum Gasteiger partial charge on any atom is 0.416 e. The molecule has 0 aliphatic heterocycles. The molecule has 0 saturated heterocycles. The number of rotatable bonds is 3. The summed E-state index contributed by atoms with van der Waals surface area (Å²) in [6, 6.07) is 4.88. The Morgan fingerprint density at radius 1 is 1.40 bits per heavy atom. The number of aliphatic hydroxyl groups excluding tert-OH is 1. The number of halogens is 4. The minimum Gasteiger partial charge on any atom is -0.386 e. The van der Waals surface area contributed by atoms with E-state index in [1.54, 1.807) is 7.05 Å². The summed E-state index contributed by atoms with van der Waals surface area (Å²) in [5.74, 6) is 0. The van der Waals surface area contributed by atoms with E-state index in [-0.39, 0.29) is 6.42 Å². The van der Waals surface area contributed by atoms with Gasteiger partial charge in [0, 0.05) is 13.5 Å². The number of nitrogens with zero attached hydrogens (tertiary/aromatic N) is 3. The first-order valence-electron chi connectivity index (χ1n) is 5.68. The van der Waals surface area contributed by atoms with E-state index in [1.165, 1.54) is 16.8 Å². The van der Waals surface area contributed by atoms with Crippen LogP contribution in [0.15, 0.2) is 28.9 Å². The van der Waals surface area contributed by atoms with Crippen LogP contribution in [0, 0.1) is 0 Å². The van der Waals surface area contributed by atoms with Crippen molar-refractivity contribution in [1.82, 2.24) is 15.0 Å². The van der Waals surface area contributed by atoms with Crippen LogP contribution in [-0.4, -0.2) is 20.1 Å². The second kappa shape index (κ2) is 5.53. The van der Waals surface area contributed by atoms with Crippen LogP contribution < -0.4 is 0 Å². The van der Waals surface area contributed by atoms with Crippen LogP contribution in [-0.2, 0) is 19.6 Å². The molecule has 4 nitrogen and oxygen atoms in total. The first kappa shape index (κ1) is 15.0. The van der Waals surface area contributed by atoms with Gasteiger partial charge < -0.3 is 5.11 Å². The lowest BCUT2D eigenvalue weighted by Gasteiger charge is -2.13. The average molecular weight is 350 g/mol. The second-order valence-corrected chi connectivity index (χ2v) is 5.06. The monoisotopic (exact) mass is 349 g/mol. The highest BCUT2D eigenvalue weighted by Crippen LogP contribution is 2.31. The van der Waals surface area contributed by atoms with Crippen molar-refractivity contribution in [2.75, 3.05) is 0 Å². The number of alkyl halides is 3. The van der Waals surface area contributed by atoms with Crippen LogP contribution >= 0.6 is 15.9 Å². The predicted octanol–water partition coefficient (Wildman–Crippen LogP) is 2.87. The minimum atomic E-state index is -4.39. The largest absolute Gasteiger partial charge is 0.416 e. The Morgan fingerprint density at radius 3 is 2.65 bits per heavy atom. The van der Waals surface area contributed by atoms with Gasteiger partial charge in [0.05, 0.1) is 5.56 Å². The van der Waals surface area contributed by atoms with E-state index in [9.17, 15) is 18.3 Å². The van der Waals surface area contributed by atoms with Gasteiger partial charge in [0.2, 0.25) is 0 Å². The van der Waals surface area contributed by atoms with Gasteiger partial charge in [-0.1, -0.05) is 23.4 Å². The minimum absolute atomic E-state index is 0.0454. The van der Waals surface area contributed by atoms with Crippen molar-refractivity contribution in [3.05, 3.63) is 45.7 Å². The molecule has 0 saturated carbocycles. The molecule has 108 valence electrons. The molecule has 0 aliphatic carbocycles. The molecule has 0 amide bonds. The maximum absolute atomic E-state index is 12.6. The van der Waals surface area contributed by atoms with Gasteiger partial charge >= 0.3 is 6.18 Å². The average Bonchev–Trinajstić information content (AvgIpc) is 2.68. The molecule has 1 aromatic carbocycles. The number of aliphatic hydroxyl groups is 1. The van der Waals surface area contributed by atoms with Crippen molar-refractivity contribution in [3.8, 4) is 0 Å². The van der Waals surface area contributed by atoms with Crippen molar-refractivity contribution in [3.63, 3.8) is 0 Å². The normalized spacial score (nSPS) is 13.5. The lowest BCUT2D eigenvalue weighted by Crippen LogP contribution is -2.10. The summed E-state index contributed by atoms with van der Waals surface area (Å²) in [4.78, 5) is 0. The summed E-state index contributed by atoms with van der Waals surface area (Å²) < 4.78 is 39.6. The maximum atomic E-state index is 12.6. The van der Waals surface area contributed by atoms with Gasteiger partial charge in [0.1, 0.15) is 11.8 Å². The molecule has 1 N–H and O–H groups in total. The van der Waals surface area contributed by atoms with Gasteiger partial charge in [-0.2, -0.15) is 13.2 Å². The van der Waals surface area contributed by atoms with Gasteiger partial charge in [0.25, 0.3) is 0 Å². The zero-order valence-electron chi connectivity index (χ0n) is 10.4. The first-order valence-corrected chi connectivity index (χ1v) is 6.47. The number of aryl methyl sites for hydroxylation is 1. The first-order chi connectivity index (χ1) is 9.29. The second-order valence-electron chi connectivity index (χ2n) is 4.31. The van der Waals surface area contributed by atoms with Crippen LogP contribution in [0.1, 0.15) is 22.9 Å². The summed E-state index contributed by atoms with van der Waals surface area (Å²) in [5.41, 5.74) is 0.0761. The molecular weight excluding hydrogens is 339 g/mol. The smallest absolute Gasteiger partial charge is 0.386 e. The molecule has 2 aromatic rings. The Balaban J connectivity index is 2.22. The molecule has 0 spiro atoms. The van der Waals surface area contributed by atoms with E-state index >= 15 is 0 Å². The summed E-state index contributed by atoms with van der Waals surface area (Å²) in [6.07, 6.45) is -5.34. The van der Waals surface area contributed by atoms with E-state index in [0.29, 0.717) is 15.9 Å². The SMILES string of the molecule is Cn1nnc(Br)c1C(O)Cc1cccc(C(F)(F)F)c1. The van der Waals surface area contributed by atoms with E-state index in [0.717, 1.165) is 12.1 Å². The molecule has 1 aromatic heterocycles. The Labute approximate surface area is 121 Å². The quantitative estimate of drug-likeness (QED) is 0.926. The highest BCUT2D eigenvalue weighted by molar-refractivity contribution is 9.10. The third-order valence-corrected chi connectivity index (χ3v) is 3.39. The molecule has 1 unspecified atom stereocenters. The van der Waals surface area contributed by atoms with Crippen LogP contribution in [0.5, 0.6) is 0 Å². The summed E-state index contributed by atoms with van der Waals surface area (Å²) in [7, 11) is 1.60. The molecule has 1 atom stereocenters.